The van der Waals surface area contributed by atoms with Crippen LogP contribution in [0, 0.1) is 0 Å². The highest BCUT2D eigenvalue weighted by Crippen LogP contribution is 1.94. The molecule has 1 aliphatic heterocycles. The minimum atomic E-state index is -0.383. The van der Waals surface area contributed by atoms with Gasteiger partial charge in [0.05, 0.1) is 11.9 Å². The molecule has 0 aromatic carbocycles. The van der Waals surface area contributed by atoms with Gasteiger partial charge in [0.25, 0.3) is 0 Å². The molecule has 1 N–H and O–H groups in total. The zero-order valence-electron chi connectivity index (χ0n) is 5.79. The van der Waals surface area contributed by atoms with E-state index in [-0.39, 0.29) is 6.03 Å². The van der Waals surface area contributed by atoms with Crippen molar-refractivity contribution in [2.45, 2.75) is 6.42 Å². The van der Waals surface area contributed by atoms with Gasteiger partial charge in [-0.15, -0.1) is 0 Å². The van der Waals surface area contributed by atoms with Gasteiger partial charge < -0.3 is 5.32 Å². The fourth-order valence-electron chi connectivity index (χ4n) is 0.684. The van der Waals surface area contributed by atoms with Crippen molar-refractivity contribution in [3.05, 3.63) is 0 Å². The van der Waals surface area contributed by atoms with Crippen LogP contribution in [0.3, 0.4) is 0 Å². The molecule has 0 aliphatic carbocycles. The molecule has 0 unspecified atom stereocenters. The summed E-state index contributed by atoms with van der Waals surface area (Å²) in [6.45, 7) is 0.831. The predicted molar refractivity (Wildman–Crippen MR) is 39.9 cm³/mol. The highest BCUT2D eigenvalue weighted by molar-refractivity contribution is 6.37. The molecule has 54 valence electrons. The van der Waals surface area contributed by atoms with E-state index in [9.17, 15) is 4.79 Å². The second-order valence-corrected chi connectivity index (χ2v) is 2.00. The summed E-state index contributed by atoms with van der Waals surface area (Å²) in [5, 5.41) is 2.96. The third-order valence-corrected chi connectivity index (χ3v) is 1.19. The standard InChI is InChI=1S/C6H9N3O/c1-7-3-2-5-4-8-6(10)9-5/h4,7H,2-3H2,1H3. The van der Waals surface area contributed by atoms with Gasteiger partial charge in [0.1, 0.15) is 0 Å². The summed E-state index contributed by atoms with van der Waals surface area (Å²) in [7, 11) is 1.86. The topological polar surface area (TPSA) is 53.8 Å². The molecular weight excluding hydrogens is 130 g/mol. The Kier molecular flexibility index (Phi) is 2.28. The molecule has 1 rings (SSSR count). The summed E-state index contributed by atoms with van der Waals surface area (Å²) in [5.41, 5.74) is 0.763. The zero-order valence-corrected chi connectivity index (χ0v) is 5.79. The molecule has 0 saturated carbocycles. The van der Waals surface area contributed by atoms with Crippen LogP contribution < -0.4 is 5.32 Å². The largest absolute Gasteiger partial charge is 0.367 e. The van der Waals surface area contributed by atoms with Crippen LogP contribution in [0.2, 0.25) is 0 Å². The summed E-state index contributed by atoms with van der Waals surface area (Å²) in [5.74, 6) is 0. The molecule has 1 heterocycles. The van der Waals surface area contributed by atoms with Crippen LogP contribution in [0.15, 0.2) is 9.98 Å². The van der Waals surface area contributed by atoms with Crippen LogP contribution in [0.4, 0.5) is 4.79 Å². The summed E-state index contributed by atoms with van der Waals surface area (Å²) in [6, 6.07) is -0.383. The van der Waals surface area contributed by atoms with E-state index in [0.717, 1.165) is 18.7 Å². The van der Waals surface area contributed by atoms with Crippen LogP contribution in [0.25, 0.3) is 0 Å². The second-order valence-electron chi connectivity index (χ2n) is 2.00. The van der Waals surface area contributed by atoms with Crippen molar-refractivity contribution in [3.8, 4) is 0 Å². The van der Waals surface area contributed by atoms with E-state index in [4.69, 9.17) is 0 Å². The quantitative estimate of drug-likeness (QED) is 0.609. The molecule has 0 saturated heterocycles. The van der Waals surface area contributed by atoms with Gasteiger partial charge in [0, 0.05) is 13.0 Å². The lowest BCUT2D eigenvalue weighted by Gasteiger charge is -1.92. The Morgan fingerprint density at radius 1 is 1.70 bits per heavy atom. The third kappa shape index (κ3) is 1.73. The third-order valence-electron chi connectivity index (χ3n) is 1.19. The molecular formula is C6H9N3O. The van der Waals surface area contributed by atoms with Crippen molar-refractivity contribution >= 4 is 18.0 Å². The maximum atomic E-state index is 10.4. The van der Waals surface area contributed by atoms with Crippen molar-refractivity contribution in [1.82, 2.24) is 5.32 Å². The summed E-state index contributed by atoms with van der Waals surface area (Å²) < 4.78 is 0. The van der Waals surface area contributed by atoms with Crippen LogP contribution in [0.5, 0.6) is 0 Å². The predicted octanol–water partition coefficient (Wildman–Crippen LogP) is 0.241. The normalized spacial score (nSPS) is 16.1. The first kappa shape index (κ1) is 7.08. The SMILES string of the molecule is CNCCC1=NC(=O)N=C1. The molecule has 4 heteroatoms. The number of rotatable bonds is 3. The lowest BCUT2D eigenvalue weighted by atomic mass is 10.3. The van der Waals surface area contributed by atoms with Crippen molar-refractivity contribution in [1.29, 1.82) is 0 Å². The van der Waals surface area contributed by atoms with Crippen molar-refractivity contribution in [3.63, 3.8) is 0 Å². The van der Waals surface area contributed by atoms with E-state index in [0.29, 0.717) is 0 Å². The first-order valence-corrected chi connectivity index (χ1v) is 3.13. The Labute approximate surface area is 59.1 Å². The first-order valence-electron chi connectivity index (χ1n) is 3.13. The number of aliphatic imine (C=N–C) groups is 2. The van der Waals surface area contributed by atoms with Gasteiger partial charge in [-0.3, -0.25) is 0 Å². The number of carbonyl (C=O) groups is 1. The van der Waals surface area contributed by atoms with E-state index in [1.54, 1.807) is 0 Å². The van der Waals surface area contributed by atoms with E-state index < -0.39 is 0 Å². The Hall–Kier alpha value is -1.03. The van der Waals surface area contributed by atoms with E-state index in [1.807, 2.05) is 7.05 Å². The average Bonchev–Trinajstić information content (AvgIpc) is 2.31. The fourth-order valence-corrected chi connectivity index (χ4v) is 0.684. The van der Waals surface area contributed by atoms with Gasteiger partial charge >= 0.3 is 6.03 Å². The number of amides is 2. The average molecular weight is 139 g/mol. The number of nitrogens with zero attached hydrogens (tertiary/aromatic N) is 2. The van der Waals surface area contributed by atoms with Gasteiger partial charge in [-0.1, -0.05) is 0 Å². The van der Waals surface area contributed by atoms with Gasteiger partial charge in [-0.25, -0.2) is 4.79 Å². The zero-order chi connectivity index (χ0) is 7.40. The molecule has 0 atom stereocenters. The highest BCUT2D eigenvalue weighted by Gasteiger charge is 2.05. The van der Waals surface area contributed by atoms with Crippen molar-refractivity contribution < 1.29 is 4.79 Å². The minimum absolute atomic E-state index is 0.383. The molecule has 0 aromatic rings. The van der Waals surface area contributed by atoms with E-state index in [1.165, 1.54) is 6.21 Å². The van der Waals surface area contributed by atoms with Gasteiger partial charge in [0.2, 0.25) is 0 Å². The van der Waals surface area contributed by atoms with Gasteiger partial charge in [0.15, 0.2) is 0 Å². The maximum Gasteiger partial charge on any atom is 0.367 e. The Morgan fingerprint density at radius 2 is 2.50 bits per heavy atom. The maximum absolute atomic E-state index is 10.4. The highest BCUT2D eigenvalue weighted by atomic mass is 16.2. The minimum Gasteiger partial charge on any atom is -0.319 e. The van der Waals surface area contributed by atoms with Crippen LogP contribution in [-0.2, 0) is 0 Å². The molecule has 0 fully saturated rings. The Balaban J connectivity index is 2.37. The first-order chi connectivity index (χ1) is 4.83. The Bertz CT molecular complexity index is 195. The number of urea groups is 1. The van der Waals surface area contributed by atoms with Crippen LogP contribution in [-0.4, -0.2) is 31.5 Å². The lowest BCUT2D eigenvalue weighted by molar-refractivity contribution is 0.257. The second kappa shape index (κ2) is 3.22. The molecule has 1 aliphatic rings. The number of hydrogen-bond acceptors (Lipinski definition) is 2. The molecule has 0 spiro atoms. The molecule has 0 radical (unpaired) electrons. The molecule has 4 nitrogen and oxygen atoms in total. The molecule has 0 aromatic heterocycles. The number of hydrogen-bond donors (Lipinski definition) is 1. The van der Waals surface area contributed by atoms with Crippen LogP contribution in [0.1, 0.15) is 6.42 Å². The molecule has 0 bridgehead atoms. The van der Waals surface area contributed by atoms with E-state index >= 15 is 0 Å². The smallest absolute Gasteiger partial charge is 0.319 e. The van der Waals surface area contributed by atoms with Crippen LogP contribution >= 0.6 is 0 Å². The molecule has 10 heavy (non-hydrogen) atoms. The summed E-state index contributed by atoms with van der Waals surface area (Å²) in [4.78, 5) is 17.5. The number of nitrogens with one attached hydrogen (secondary N) is 1. The number of carbonyl (C=O) groups excluding carboxylic acids is 1. The Morgan fingerprint density at radius 3 is 3.00 bits per heavy atom. The van der Waals surface area contributed by atoms with E-state index in [2.05, 4.69) is 15.3 Å². The van der Waals surface area contributed by atoms with Crippen molar-refractivity contribution in [2.75, 3.05) is 13.6 Å². The van der Waals surface area contributed by atoms with Gasteiger partial charge in [-0.05, 0) is 7.05 Å². The van der Waals surface area contributed by atoms with Crippen molar-refractivity contribution in [2.24, 2.45) is 9.98 Å². The molecule has 2 amide bonds. The van der Waals surface area contributed by atoms with Gasteiger partial charge in [-0.2, -0.15) is 9.98 Å². The fraction of sp³-hybridized carbons (Fsp3) is 0.500. The lowest BCUT2D eigenvalue weighted by Crippen LogP contribution is -2.12. The summed E-state index contributed by atoms with van der Waals surface area (Å²) in [6.07, 6.45) is 2.28. The monoisotopic (exact) mass is 139 g/mol. The summed E-state index contributed by atoms with van der Waals surface area (Å²) >= 11 is 0.